The molecule has 2 saturated heterocycles. The van der Waals surface area contributed by atoms with Crippen molar-refractivity contribution in [2.24, 2.45) is 7.05 Å². The molecule has 36 heavy (non-hydrogen) atoms. The minimum atomic E-state index is -1.80. The smallest absolute Gasteiger partial charge is 0.167 e. The number of aromatic nitrogens is 6. The van der Waals surface area contributed by atoms with E-state index in [1.165, 1.54) is 0 Å². The fourth-order valence-electron chi connectivity index (χ4n) is 4.95. The topological polar surface area (TPSA) is 129 Å². The van der Waals surface area contributed by atoms with Crippen LogP contribution in [0.4, 0.5) is 5.82 Å². The van der Waals surface area contributed by atoms with E-state index in [0.717, 1.165) is 78.5 Å². The van der Waals surface area contributed by atoms with Gasteiger partial charge in [0.2, 0.25) is 0 Å². The summed E-state index contributed by atoms with van der Waals surface area (Å²) >= 11 is -1.80. The number of aromatic amines is 1. The van der Waals surface area contributed by atoms with Crippen LogP contribution >= 0.6 is 0 Å². The molecule has 0 saturated carbocycles. The third-order valence-electron chi connectivity index (χ3n) is 6.95. The van der Waals surface area contributed by atoms with Crippen LogP contribution in [-0.4, -0.2) is 107 Å². The number of imidazole rings is 1. The lowest BCUT2D eigenvalue weighted by Gasteiger charge is -2.33. The molecule has 0 aliphatic carbocycles. The molecule has 2 aliphatic rings. The molecule has 1 aromatic carbocycles. The minimum Gasteiger partial charge on any atom is -0.378 e. The maximum Gasteiger partial charge on any atom is 0.167 e. The van der Waals surface area contributed by atoms with E-state index in [2.05, 4.69) is 24.6 Å². The van der Waals surface area contributed by atoms with Gasteiger partial charge in [-0.2, -0.15) is 5.10 Å². The van der Waals surface area contributed by atoms with E-state index < -0.39 is 11.1 Å². The molecule has 190 valence electrons. The second-order valence-electron chi connectivity index (χ2n) is 9.21. The molecule has 0 spiro atoms. The van der Waals surface area contributed by atoms with Gasteiger partial charge >= 0.3 is 0 Å². The third-order valence-corrected chi connectivity index (χ3v) is 7.54. The number of nitrogens with zero attached hydrogens (tertiary/aromatic N) is 8. The Morgan fingerprint density at radius 1 is 1.06 bits per heavy atom. The fourth-order valence-corrected chi connectivity index (χ4v) is 5.52. The van der Waals surface area contributed by atoms with Crippen LogP contribution in [0.3, 0.4) is 0 Å². The maximum absolute atomic E-state index is 11.1. The average Bonchev–Trinajstić information content (AvgIpc) is 3.50. The predicted molar refractivity (Wildman–Crippen MR) is 137 cm³/mol. The summed E-state index contributed by atoms with van der Waals surface area (Å²) in [4.78, 5) is 21.6. The lowest BCUT2D eigenvalue weighted by atomic mass is 10.1. The Balaban J connectivity index is 1.37. The maximum atomic E-state index is 11.1. The predicted octanol–water partition coefficient (Wildman–Crippen LogP) is 1.04. The Morgan fingerprint density at radius 2 is 1.83 bits per heavy atom. The van der Waals surface area contributed by atoms with Crippen molar-refractivity contribution in [1.29, 1.82) is 0 Å². The van der Waals surface area contributed by atoms with Crippen molar-refractivity contribution in [3.05, 3.63) is 30.2 Å². The normalized spacial score (nSPS) is 18.9. The van der Waals surface area contributed by atoms with Gasteiger partial charge < -0.3 is 18.8 Å². The van der Waals surface area contributed by atoms with E-state index >= 15 is 0 Å². The Labute approximate surface area is 210 Å². The third kappa shape index (κ3) is 4.48. The van der Waals surface area contributed by atoms with Crippen molar-refractivity contribution in [3.8, 4) is 11.4 Å². The van der Waals surface area contributed by atoms with E-state index in [9.17, 15) is 8.76 Å². The highest BCUT2D eigenvalue weighted by Crippen LogP contribution is 2.31. The van der Waals surface area contributed by atoms with Crippen molar-refractivity contribution >= 4 is 39.0 Å². The van der Waals surface area contributed by atoms with Crippen LogP contribution in [0.25, 0.3) is 33.5 Å². The summed E-state index contributed by atoms with van der Waals surface area (Å²) in [6.45, 7) is 6.64. The van der Waals surface area contributed by atoms with Crippen LogP contribution < -0.4 is 4.90 Å². The van der Waals surface area contributed by atoms with Gasteiger partial charge in [0, 0.05) is 57.3 Å². The average molecular weight is 512 g/mol. The van der Waals surface area contributed by atoms with E-state index in [4.69, 9.17) is 19.7 Å². The van der Waals surface area contributed by atoms with Crippen molar-refractivity contribution in [3.63, 3.8) is 0 Å². The van der Waals surface area contributed by atoms with Crippen LogP contribution in [0.1, 0.15) is 5.82 Å². The zero-order valence-corrected chi connectivity index (χ0v) is 20.9. The van der Waals surface area contributed by atoms with Gasteiger partial charge in [0.05, 0.1) is 31.5 Å². The molecule has 2 N–H and O–H groups in total. The number of piperazine rings is 1. The van der Waals surface area contributed by atoms with Crippen LogP contribution in [-0.2, 0) is 29.4 Å². The first-order chi connectivity index (χ1) is 17.6. The summed E-state index contributed by atoms with van der Waals surface area (Å²) in [5, 5.41) is 8.21. The number of rotatable bonds is 6. The van der Waals surface area contributed by atoms with Crippen molar-refractivity contribution in [1.82, 2.24) is 39.5 Å². The second-order valence-corrected chi connectivity index (χ2v) is 10.1. The van der Waals surface area contributed by atoms with Gasteiger partial charge in [0.1, 0.15) is 11.7 Å². The molecule has 5 heterocycles. The number of fused-ring (bicyclic) bond motifs is 2. The molecular formula is C23H29N9O3S. The summed E-state index contributed by atoms with van der Waals surface area (Å²) in [6, 6.07) is 6.00. The molecule has 1 unspecified atom stereocenters. The summed E-state index contributed by atoms with van der Waals surface area (Å²) < 4.78 is 28.0. The quantitative estimate of drug-likeness (QED) is 0.362. The van der Waals surface area contributed by atoms with Gasteiger partial charge in [-0.15, -0.1) is 0 Å². The number of ether oxygens (including phenoxy) is 1. The van der Waals surface area contributed by atoms with E-state index in [1.54, 1.807) is 0 Å². The lowest BCUT2D eigenvalue weighted by Crippen LogP contribution is -2.46. The van der Waals surface area contributed by atoms with Gasteiger partial charge in [-0.25, -0.2) is 19.2 Å². The number of benzene rings is 1. The Hall–Kier alpha value is -2.97. The first-order valence-electron chi connectivity index (χ1n) is 12.1. The molecule has 1 atom stereocenters. The summed E-state index contributed by atoms with van der Waals surface area (Å²) in [6.07, 6.45) is 1.81. The van der Waals surface area contributed by atoms with Crippen molar-refractivity contribution < 1.29 is 13.5 Å². The first-order valence-corrected chi connectivity index (χ1v) is 13.3. The summed E-state index contributed by atoms with van der Waals surface area (Å²) in [5.41, 5.74) is 3.47. The van der Waals surface area contributed by atoms with E-state index in [1.807, 2.05) is 36.3 Å². The number of nitrogens with one attached hydrogen (secondary N) is 1. The van der Waals surface area contributed by atoms with Gasteiger partial charge in [0.25, 0.3) is 0 Å². The molecule has 0 bridgehead atoms. The summed E-state index contributed by atoms with van der Waals surface area (Å²) in [5.74, 6) is 2.60. The number of morpholine rings is 1. The molecule has 3 aromatic heterocycles. The highest BCUT2D eigenvalue weighted by atomic mass is 32.2. The number of anilines is 1. The van der Waals surface area contributed by atoms with Crippen LogP contribution in [0.2, 0.25) is 0 Å². The molecule has 0 radical (unpaired) electrons. The van der Waals surface area contributed by atoms with Gasteiger partial charge in [-0.1, -0.05) is 12.1 Å². The number of aryl methyl sites for hydroxylation is 1. The summed E-state index contributed by atoms with van der Waals surface area (Å²) in [7, 11) is 2.01. The van der Waals surface area contributed by atoms with Crippen molar-refractivity contribution in [2.75, 3.05) is 63.3 Å². The lowest BCUT2D eigenvalue weighted by molar-refractivity contribution is 0.122. The zero-order valence-electron chi connectivity index (χ0n) is 20.1. The highest BCUT2D eigenvalue weighted by Gasteiger charge is 2.25. The molecule has 4 aromatic rings. The fraction of sp³-hybridized carbons (Fsp3) is 0.478. The Bertz CT molecular complexity index is 1410. The molecule has 13 heteroatoms. The monoisotopic (exact) mass is 511 g/mol. The molecule has 2 aliphatic heterocycles. The highest BCUT2D eigenvalue weighted by molar-refractivity contribution is 7.79. The minimum absolute atomic E-state index is 0.199. The first kappa shape index (κ1) is 23.4. The Kier molecular flexibility index (Phi) is 6.39. The van der Waals surface area contributed by atoms with E-state index in [-0.39, 0.29) is 5.88 Å². The molecule has 12 nitrogen and oxygen atoms in total. The van der Waals surface area contributed by atoms with Gasteiger partial charge in [-0.05, 0) is 6.07 Å². The molecule has 0 amide bonds. The van der Waals surface area contributed by atoms with Crippen LogP contribution in [0.5, 0.6) is 0 Å². The SMILES string of the molecule is Cn1c(CN2CCN(CS(=O)O)CC2)nc2c(N3CCOCC3)nc(-c3cccc4[nH]ncc34)nc21. The number of hydrogen-bond acceptors (Lipinski definition) is 9. The Morgan fingerprint density at radius 3 is 2.61 bits per heavy atom. The number of hydrogen-bond donors (Lipinski definition) is 2. The standard InChI is InChI=1S/C23H29N9O3S/c1-29-19(14-30-5-7-31(8-6-30)15-36(33)34)25-20-22(29)26-21(27-23(20)32-9-11-35-12-10-32)16-3-2-4-18-17(16)13-24-28-18/h2-4,13H,5-12,14-15H2,1H3,(H,24,28)(H,33,34). The van der Waals surface area contributed by atoms with E-state index in [0.29, 0.717) is 25.6 Å². The van der Waals surface area contributed by atoms with Gasteiger partial charge in [0.15, 0.2) is 33.9 Å². The van der Waals surface area contributed by atoms with Crippen LogP contribution in [0.15, 0.2) is 24.4 Å². The second kappa shape index (κ2) is 9.82. The largest absolute Gasteiger partial charge is 0.378 e. The molecule has 2 fully saturated rings. The zero-order chi connectivity index (χ0) is 24.6. The van der Waals surface area contributed by atoms with Crippen molar-refractivity contribution in [2.45, 2.75) is 6.54 Å². The molecule has 6 rings (SSSR count). The van der Waals surface area contributed by atoms with Gasteiger partial charge in [-0.3, -0.25) is 14.9 Å². The van der Waals surface area contributed by atoms with Crippen LogP contribution in [0, 0.1) is 0 Å². The molecular weight excluding hydrogens is 482 g/mol. The number of H-pyrrole nitrogens is 1.